The van der Waals surface area contributed by atoms with E-state index in [9.17, 15) is 0 Å². The lowest BCUT2D eigenvalue weighted by atomic mass is 9.71. The Morgan fingerprint density at radius 2 is 2.25 bits per heavy atom. The topological polar surface area (TPSA) is 29.9 Å². The van der Waals surface area contributed by atoms with Gasteiger partial charge in [-0.3, -0.25) is 0 Å². The Labute approximate surface area is 98.3 Å². The van der Waals surface area contributed by atoms with Crippen molar-refractivity contribution in [3.63, 3.8) is 0 Å². The first-order valence-electron chi connectivity index (χ1n) is 6.48. The van der Waals surface area contributed by atoms with E-state index in [-0.39, 0.29) is 0 Å². The maximum atomic E-state index is 4.38. The monoisotopic (exact) mass is 221 g/mol. The van der Waals surface area contributed by atoms with Gasteiger partial charge in [-0.05, 0) is 44.2 Å². The molecule has 1 aromatic rings. The quantitative estimate of drug-likeness (QED) is 0.796. The van der Waals surface area contributed by atoms with Crippen LogP contribution in [0.5, 0.6) is 0 Å². The van der Waals surface area contributed by atoms with Crippen LogP contribution in [0.25, 0.3) is 0 Å². The van der Waals surface area contributed by atoms with E-state index >= 15 is 0 Å². The predicted octanol–water partition coefficient (Wildman–Crippen LogP) is 1.99. The number of hydrogen-bond acceptors (Lipinski definition) is 2. The molecule has 0 saturated heterocycles. The van der Waals surface area contributed by atoms with Gasteiger partial charge >= 0.3 is 0 Å². The lowest BCUT2D eigenvalue weighted by Gasteiger charge is -2.37. The molecule has 0 amide bonds. The first-order valence-corrected chi connectivity index (χ1v) is 6.48. The number of hydrogen-bond donors (Lipinski definition) is 1. The summed E-state index contributed by atoms with van der Waals surface area (Å²) in [7, 11) is 2.08. The molecule has 0 radical (unpaired) electrons. The Morgan fingerprint density at radius 3 is 2.81 bits per heavy atom. The summed E-state index contributed by atoms with van der Waals surface area (Å²) >= 11 is 0. The van der Waals surface area contributed by atoms with Crippen LogP contribution in [0.1, 0.15) is 32.0 Å². The highest BCUT2D eigenvalue weighted by atomic mass is 15.0. The van der Waals surface area contributed by atoms with E-state index in [2.05, 4.69) is 28.8 Å². The average Bonchev–Trinajstić information content (AvgIpc) is 2.64. The van der Waals surface area contributed by atoms with Crippen LogP contribution in [0, 0.1) is 11.8 Å². The molecule has 3 heteroatoms. The van der Waals surface area contributed by atoms with Crippen molar-refractivity contribution in [2.45, 2.75) is 32.6 Å². The van der Waals surface area contributed by atoms with Crippen molar-refractivity contribution in [2.24, 2.45) is 18.9 Å². The second kappa shape index (κ2) is 5.48. The van der Waals surface area contributed by atoms with Gasteiger partial charge in [-0.2, -0.15) is 0 Å². The van der Waals surface area contributed by atoms with Crippen molar-refractivity contribution in [2.75, 3.05) is 13.1 Å². The number of aromatic nitrogens is 2. The second-order valence-corrected chi connectivity index (χ2v) is 4.90. The maximum absolute atomic E-state index is 4.38. The lowest BCUT2D eigenvalue weighted by Crippen LogP contribution is -2.35. The third-order valence-corrected chi connectivity index (χ3v) is 3.89. The zero-order chi connectivity index (χ0) is 11.4. The molecule has 3 nitrogen and oxygen atoms in total. The molecular formula is C13H23N3. The van der Waals surface area contributed by atoms with Crippen LogP contribution >= 0.6 is 0 Å². The molecule has 1 fully saturated rings. The van der Waals surface area contributed by atoms with Crippen LogP contribution in [0.15, 0.2) is 12.4 Å². The van der Waals surface area contributed by atoms with Crippen molar-refractivity contribution in [3.8, 4) is 0 Å². The van der Waals surface area contributed by atoms with Gasteiger partial charge in [0.2, 0.25) is 0 Å². The smallest absolute Gasteiger partial charge is 0.108 e. The number of nitrogens with zero attached hydrogens (tertiary/aromatic N) is 2. The standard InChI is InChI=1S/C13H23N3/c1-3-14-10-12-5-4-11(12)6-7-13-15-8-9-16(13)2/h8-9,11-12,14H,3-7,10H2,1-2H3. The molecule has 1 aliphatic rings. The van der Waals surface area contributed by atoms with Crippen molar-refractivity contribution >= 4 is 0 Å². The van der Waals surface area contributed by atoms with Gasteiger partial charge in [0.15, 0.2) is 0 Å². The van der Waals surface area contributed by atoms with Crippen molar-refractivity contribution in [3.05, 3.63) is 18.2 Å². The Kier molecular flexibility index (Phi) is 3.99. The predicted molar refractivity (Wildman–Crippen MR) is 66.3 cm³/mol. The first kappa shape index (κ1) is 11.6. The van der Waals surface area contributed by atoms with Gasteiger partial charge in [-0.25, -0.2) is 4.98 Å². The molecule has 1 saturated carbocycles. The minimum atomic E-state index is 0.917. The van der Waals surface area contributed by atoms with Gasteiger partial charge in [0.25, 0.3) is 0 Å². The summed E-state index contributed by atoms with van der Waals surface area (Å²) in [6.45, 7) is 4.49. The van der Waals surface area contributed by atoms with Crippen LogP contribution < -0.4 is 5.32 Å². The van der Waals surface area contributed by atoms with Crippen molar-refractivity contribution < 1.29 is 0 Å². The van der Waals surface area contributed by atoms with E-state index in [4.69, 9.17) is 0 Å². The SMILES string of the molecule is CCNCC1CCC1CCc1nccn1C. The summed E-state index contributed by atoms with van der Waals surface area (Å²) in [6.07, 6.45) is 9.20. The largest absolute Gasteiger partial charge is 0.338 e. The lowest BCUT2D eigenvalue weighted by molar-refractivity contribution is 0.160. The highest BCUT2D eigenvalue weighted by Gasteiger charge is 2.29. The summed E-state index contributed by atoms with van der Waals surface area (Å²) in [4.78, 5) is 4.38. The summed E-state index contributed by atoms with van der Waals surface area (Å²) in [5.74, 6) is 3.07. The molecule has 1 heterocycles. The number of rotatable bonds is 6. The summed E-state index contributed by atoms with van der Waals surface area (Å²) < 4.78 is 2.14. The van der Waals surface area contributed by atoms with E-state index < -0.39 is 0 Å². The fourth-order valence-electron chi connectivity index (χ4n) is 2.57. The molecule has 1 N–H and O–H groups in total. The normalized spacial score (nSPS) is 24.4. The van der Waals surface area contributed by atoms with Gasteiger partial charge in [-0.15, -0.1) is 0 Å². The van der Waals surface area contributed by atoms with Gasteiger partial charge in [0.05, 0.1) is 0 Å². The molecule has 2 atom stereocenters. The number of aryl methyl sites for hydroxylation is 2. The molecule has 0 aliphatic heterocycles. The zero-order valence-corrected chi connectivity index (χ0v) is 10.4. The van der Waals surface area contributed by atoms with Crippen LogP contribution in [-0.2, 0) is 13.5 Å². The molecular weight excluding hydrogens is 198 g/mol. The fraction of sp³-hybridized carbons (Fsp3) is 0.769. The molecule has 0 bridgehead atoms. The Bertz CT molecular complexity index is 319. The summed E-state index contributed by atoms with van der Waals surface area (Å²) in [5, 5.41) is 3.46. The molecule has 1 aromatic heterocycles. The highest BCUT2D eigenvalue weighted by Crippen LogP contribution is 2.36. The molecule has 16 heavy (non-hydrogen) atoms. The molecule has 90 valence electrons. The Morgan fingerprint density at radius 1 is 1.44 bits per heavy atom. The summed E-state index contributed by atoms with van der Waals surface area (Å²) in [5.41, 5.74) is 0. The van der Waals surface area contributed by atoms with E-state index in [1.807, 2.05) is 12.4 Å². The van der Waals surface area contributed by atoms with E-state index in [0.29, 0.717) is 0 Å². The van der Waals surface area contributed by atoms with Gasteiger partial charge in [0.1, 0.15) is 5.82 Å². The first-order chi connectivity index (χ1) is 7.81. The average molecular weight is 221 g/mol. The minimum absolute atomic E-state index is 0.917. The van der Waals surface area contributed by atoms with Crippen LogP contribution in [0.4, 0.5) is 0 Å². The van der Waals surface area contributed by atoms with Crippen molar-refractivity contribution in [1.82, 2.24) is 14.9 Å². The summed E-state index contributed by atoms with van der Waals surface area (Å²) in [6, 6.07) is 0. The fourth-order valence-corrected chi connectivity index (χ4v) is 2.57. The van der Waals surface area contributed by atoms with Crippen LogP contribution in [0.3, 0.4) is 0 Å². The molecule has 1 aliphatic carbocycles. The van der Waals surface area contributed by atoms with Gasteiger partial charge < -0.3 is 9.88 Å². The molecule has 0 spiro atoms. The van der Waals surface area contributed by atoms with E-state index in [1.165, 1.54) is 31.6 Å². The third-order valence-electron chi connectivity index (χ3n) is 3.89. The number of nitrogens with one attached hydrogen (secondary N) is 1. The van der Waals surface area contributed by atoms with Crippen molar-refractivity contribution in [1.29, 1.82) is 0 Å². The van der Waals surface area contributed by atoms with Crippen LogP contribution in [0.2, 0.25) is 0 Å². The van der Waals surface area contributed by atoms with Gasteiger partial charge in [-0.1, -0.05) is 6.92 Å². The van der Waals surface area contributed by atoms with Gasteiger partial charge in [0, 0.05) is 25.9 Å². The molecule has 2 rings (SSSR count). The highest BCUT2D eigenvalue weighted by molar-refractivity contribution is 4.93. The maximum Gasteiger partial charge on any atom is 0.108 e. The zero-order valence-electron chi connectivity index (χ0n) is 10.4. The minimum Gasteiger partial charge on any atom is -0.338 e. The Hall–Kier alpha value is -0.830. The van der Waals surface area contributed by atoms with E-state index in [0.717, 1.165) is 24.8 Å². The molecule has 2 unspecified atom stereocenters. The number of imidazole rings is 1. The Balaban J connectivity index is 1.72. The van der Waals surface area contributed by atoms with Crippen LogP contribution in [-0.4, -0.2) is 22.6 Å². The van der Waals surface area contributed by atoms with E-state index in [1.54, 1.807) is 0 Å². The third kappa shape index (κ3) is 2.64. The molecule has 0 aromatic carbocycles. The second-order valence-electron chi connectivity index (χ2n) is 4.90.